The van der Waals surface area contributed by atoms with Crippen LogP contribution < -0.4 is 0 Å². The molecule has 0 saturated carbocycles. The minimum atomic E-state index is -0.0986. The summed E-state index contributed by atoms with van der Waals surface area (Å²) in [6, 6.07) is 20.3. The summed E-state index contributed by atoms with van der Waals surface area (Å²) in [5.74, 6) is 0.164. The second-order valence-electron chi connectivity index (χ2n) is 4.90. The van der Waals surface area contributed by atoms with Crippen molar-refractivity contribution in [2.45, 2.75) is 29.1 Å². The highest BCUT2D eigenvalue weighted by Gasteiger charge is 2.30. The van der Waals surface area contributed by atoms with E-state index in [0.717, 1.165) is 11.3 Å². The summed E-state index contributed by atoms with van der Waals surface area (Å²) in [4.78, 5) is 12.9. The predicted octanol–water partition coefficient (Wildman–Crippen LogP) is 4.23. The molecule has 3 heteroatoms. The molecule has 0 radical (unpaired) electrons. The molecule has 1 aliphatic rings. The maximum Gasteiger partial charge on any atom is 0.307 e. The number of cyclic esters (lactones) is 1. The normalized spacial score (nSPS) is 22.3. The quantitative estimate of drug-likeness (QED) is 0.789. The van der Waals surface area contributed by atoms with E-state index in [1.807, 2.05) is 48.5 Å². The van der Waals surface area contributed by atoms with Crippen LogP contribution in [0.1, 0.15) is 24.3 Å². The number of carbonyl (C=O) groups is 1. The van der Waals surface area contributed by atoms with Crippen LogP contribution in [0.15, 0.2) is 65.6 Å². The van der Waals surface area contributed by atoms with E-state index in [1.165, 1.54) is 5.56 Å². The van der Waals surface area contributed by atoms with E-state index in [9.17, 15) is 4.79 Å². The molecule has 2 nitrogen and oxygen atoms in total. The number of ether oxygens (including phenoxy) is 1. The van der Waals surface area contributed by atoms with E-state index in [-0.39, 0.29) is 17.3 Å². The van der Waals surface area contributed by atoms with Crippen LogP contribution in [-0.2, 0) is 9.53 Å². The Morgan fingerprint density at radius 3 is 2.30 bits per heavy atom. The number of hydrogen-bond acceptors (Lipinski definition) is 3. The summed E-state index contributed by atoms with van der Waals surface area (Å²) in [7, 11) is 0. The van der Waals surface area contributed by atoms with Crippen molar-refractivity contribution in [1.29, 1.82) is 0 Å². The number of carbonyl (C=O) groups excluding carboxylic acids is 1. The largest absolute Gasteiger partial charge is 0.451 e. The maximum atomic E-state index is 11.8. The van der Waals surface area contributed by atoms with Gasteiger partial charge >= 0.3 is 5.97 Å². The molecule has 0 unspecified atom stereocenters. The third-order valence-electron chi connectivity index (χ3n) is 3.43. The van der Waals surface area contributed by atoms with Gasteiger partial charge in [-0.05, 0) is 23.6 Å². The standard InChI is InChI=1S/C17H16O2S/c18-16-11-14(13-7-3-1-4-8-13)12-17(19-16)20-15-9-5-2-6-10-15/h1-10,14,17H,11-12H2/t14-,17-/m0/s1. The lowest BCUT2D eigenvalue weighted by atomic mass is 9.91. The van der Waals surface area contributed by atoms with Crippen molar-refractivity contribution in [2.24, 2.45) is 0 Å². The molecule has 0 aromatic heterocycles. The Labute approximate surface area is 123 Å². The molecule has 1 aliphatic heterocycles. The first kappa shape index (κ1) is 13.3. The second kappa shape index (κ2) is 6.14. The van der Waals surface area contributed by atoms with Crippen LogP contribution in [0.5, 0.6) is 0 Å². The lowest BCUT2D eigenvalue weighted by Crippen LogP contribution is -2.26. The van der Waals surface area contributed by atoms with E-state index in [1.54, 1.807) is 11.8 Å². The Morgan fingerprint density at radius 2 is 1.60 bits per heavy atom. The molecule has 2 aromatic rings. The molecule has 0 aliphatic carbocycles. The summed E-state index contributed by atoms with van der Waals surface area (Å²) in [6.45, 7) is 0. The number of thioether (sulfide) groups is 1. The monoisotopic (exact) mass is 284 g/mol. The smallest absolute Gasteiger partial charge is 0.307 e. The van der Waals surface area contributed by atoms with Crippen molar-refractivity contribution in [3.63, 3.8) is 0 Å². The van der Waals surface area contributed by atoms with Gasteiger partial charge in [-0.3, -0.25) is 4.79 Å². The first-order valence-electron chi connectivity index (χ1n) is 6.77. The van der Waals surface area contributed by atoms with Crippen LogP contribution in [0.25, 0.3) is 0 Å². The molecule has 20 heavy (non-hydrogen) atoms. The number of rotatable bonds is 3. The third kappa shape index (κ3) is 3.23. The molecule has 1 saturated heterocycles. The van der Waals surface area contributed by atoms with Gasteiger partial charge in [-0.25, -0.2) is 0 Å². The molecule has 0 amide bonds. The van der Waals surface area contributed by atoms with Crippen molar-refractivity contribution in [3.05, 3.63) is 66.2 Å². The number of esters is 1. The number of hydrogen-bond donors (Lipinski definition) is 0. The molecule has 1 fully saturated rings. The van der Waals surface area contributed by atoms with E-state index < -0.39 is 0 Å². The van der Waals surface area contributed by atoms with Crippen LogP contribution in [0.4, 0.5) is 0 Å². The van der Waals surface area contributed by atoms with Crippen molar-refractivity contribution >= 4 is 17.7 Å². The van der Waals surface area contributed by atoms with Crippen molar-refractivity contribution < 1.29 is 9.53 Å². The number of benzene rings is 2. The molecule has 3 rings (SSSR count). The third-order valence-corrected chi connectivity index (χ3v) is 4.53. The van der Waals surface area contributed by atoms with Gasteiger partial charge in [0.05, 0.1) is 6.42 Å². The van der Waals surface area contributed by atoms with E-state index >= 15 is 0 Å². The molecule has 0 bridgehead atoms. The van der Waals surface area contributed by atoms with Crippen LogP contribution in [0.3, 0.4) is 0 Å². The SMILES string of the molecule is O=C1C[C@H](c2ccccc2)C[C@H](Sc2ccccc2)O1. The van der Waals surface area contributed by atoms with Gasteiger partial charge in [0.2, 0.25) is 0 Å². The summed E-state index contributed by atoms with van der Waals surface area (Å²) in [5, 5.41) is 0. The first-order chi connectivity index (χ1) is 9.81. The van der Waals surface area contributed by atoms with Gasteiger partial charge in [-0.15, -0.1) is 0 Å². The van der Waals surface area contributed by atoms with E-state index in [0.29, 0.717) is 6.42 Å². The summed E-state index contributed by atoms with van der Waals surface area (Å²) in [6.07, 6.45) is 1.35. The van der Waals surface area contributed by atoms with Crippen LogP contribution in [0, 0.1) is 0 Å². The Balaban J connectivity index is 1.72. The van der Waals surface area contributed by atoms with E-state index in [2.05, 4.69) is 12.1 Å². The Morgan fingerprint density at radius 1 is 0.950 bits per heavy atom. The minimum absolute atomic E-state index is 0.0937. The molecule has 1 heterocycles. The van der Waals surface area contributed by atoms with Crippen LogP contribution >= 0.6 is 11.8 Å². The Kier molecular flexibility index (Phi) is 4.07. The average Bonchev–Trinajstić information content (AvgIpc) is 2.49. The van der Waals surface area contributed by atoms with Gasteiger partial charge in [0.25, 0.3) is 0 Å². The van der Waals surface area contributed by atoms with Crippen molar-refractivity contribution in [1.82, 2.24) is 0 Å². The fraction of sp³-hybridized carbons (Fsp3) is 0.235. The highest BCUT2D eigenvalue weighted by Crippen LogP contribution is 2.37. The summed E-state index contributed by atoms with van der Waals surface area (Å²) in [5.41, 5.74) is 1.13. The first-order valence-corrected chi connectivity index (χ1v) is 7.65. The lowest BCUT2D eigenvalue weighted by molar-refractivity contribution is -0.149. The zero-order chi connectivity index (χ0) is 13.8. The van der Waals surface area contributed by atoms with Crippen LogP contribution in [-0.4, -0.2) is 11.4 Å². The van der Waals surface area contributed by atoms with Gasteiger partial charge in [-0.2, -0.15) is 0 Å². The highest BCUT2D eigenvalue weighted by molar-refractivity contribution is 7.99. The molecule has 2 aromatic carbocycles. The van der Waals surface area contributed by atoms with Gasteiger partial charge < -0.3 is 4.74 Å². The summed E-state index contributed by atoms with van der Waals surface area (Å²) < 4.78 is 5.47. The van der Waals surface area contributed by atoms with Crippen LogP contribution in [0.2, 0.25) is 0 Å². The summed E-state index contributed by atoms with van der Waals surface area (Å²) >= 11 is 1.62. The maximum absolute atomic E-state index is 11.8. The highest BCUT2D eigenvalue weighted by atomic mass is 32.2. The molecule has 0 N–H and O–H groups in total. The van der Waals surface area contributed by atoms with Crippen molar-refractivity contribution in [3.8, 4) is 0 Å². The minimum Gasteiger partial charge on any atom is -0.451 e. The zero-order valence-corrected chi connectivity index (χ0v) is 11.9. The topological polar surface area (TPSA) is 26.3 Å². The van der Waals surface area contributed by atoms with E-state index in [4.69, 9.17) is 4.74 Å². The van der Waals surface area contributed by atoms with Crippen molar-refractivity contribution in [2.75, 3.05) is 0 Å². The van der Waals surface area contributed by atoms with Gasteiger partial charge in [-0.1, -0.05) is 60.3 Å². The molecule has 102 valence electrons. The fourth-order valence-electron chi connectivity index (χ4n) is 2.46. The average molecular weight is 284 g/mol. The molecule has 2 atom stereocenters. The molecular weight excluding hydrogens is 268 g/mol. The predicted molar refractivity (Wildman–Crippen MR) is 80.6 cm³/mol. The van der Waals surface area contributed by atoms with Gasteiger partial charge in [0, 0.05) is 11.3 Å². The molecular formula is C17H16O2S. The zero-order valence-electron chi connectivity index (χ0n) is 11.1. The second-order valence-corrected chi connectivity index (χ2v) is 6.13. The molecule has 0 spiro atoms. The Hall–Kier alpha value is -1.74. The van der Waals surface area contributed by atoms with Gasteiger partial charge in [0.1, 0.15) is 0 Å². The van der Waals surface area contributed by atoms with Gasteiger partial charge in [0.15, 0.2) is 5.44 Å². The Bertz CT molecular complexity index is 568. The fourth-order valence-corrected chi connectivity index (χ4v) is 3.56. The lowest BCUT2D eigenvalue weighted by Gasteiger charge is -2.28.